The summed E-state index contributed by atoms with van der Waals surface area (Å²) >= 11 is 0. The minimum Gasteiger partial charge on any atom is -0.467 e. The molecular weight excluding hydrogens is 395 g/mol. The quantitative estimate of drug-likeness (QED) is 0.509. The predicted octanol–water partition coefficient (Wildman–Crippen LogP) is 5.12. The molecule has 160 valence electrons. The highest BCUT2D eigenvalue weighted by molar-refractivity contribution is 5.76. The number of carbonyl (C=O) groups excluding carboxylic acids is 1. The summed E-state index contributed by atoms with van der Waals surface area (Å²) in [7, 11) is 0. The number of nitrogens with zero attached hydrogens (tertiary/aromatic N) is 3. The van der Waals surface area contributed by atoms with Crippen molar-refractivity contribution in [2.45, 2.75) is 46.1 Å². The van der Waals surface area contributed by atoms with Crippen molar-refractivity contribution < 1.29 is 22.4 Å². The molecular formula is C22H24F3N3O2. The van der Waals surface area contributed by atoms with Gasteiger partial charge in [0.2, 0.25) is 5.91 Å². The van der Waals surface area contributed by atoms with Crippen molar-refractivity contribution >= 4 is 5.91 Å². The highest BCUT2D eigenvalue weighted by Crippen LogP contribution is 2.32. The standard InChI is InChI=1S/C22H24F3N3O2/c1-16(2)12-21(29)28(14-18-7-5-11-30-18)15-20-26-9-10-27(20)13-17-6-3-4-8-19(17)22(23,24)25/h3-11,16H,12-15H2,1-2H3. The van der Waals surface area contributed by atoms with E-state index in [-0.39, 0.29) is 37.0 Å². The van der Waals surface area contributed by atoms with E-state index in [4.69, 9.17) is 4.42 Å². The van der Waals surface area contributed by atoms with Gasteiger partial charge in [-0.3, -0.25) is 4.79 Å². The van der Waals surface area contributed by atoms with Crippen molar-refractivity contribution in [2.24, 2.45) is 5.92 Å². The van der Waals surface area contributed by atoms with Gasteiger partial charge in [0.25, 0.3) is 0 Å². The third kappa shape index (κ3) is 5.52. The molecule has 1 amide bonds. The third-order valence-corrected chi connectivity index (χ3v) is 4.66. The van der Waals surface area contributed by atoms with Crippen LogP contribution in [0.4, 0.5) is 13.2 Å². The Kier molecular flexibility index (Phi) is 6.64. The van der Waals surface area contributed by atoms with Gasteiger partial charge in [-0.25, -0.2) is 4.98 Å². The zero-order chi connectivity index (χ0) is 21.7. The van der Waals surface area contributed by atoms with Crippen LogP contribution in [-0.4, -0.2) is 20.4 Å². The maximum absolute atomic E-state index is 13.3. The number of aromatic nitrogens is 2. The van der Waals surface area contributed by atoms with E-state index in [1.807, 2.05) is 13.8 Å². The van der Waals surface area contributed by atoms with Gasteiger partial charge in [-0.1, -0.05) is 32.0 Å². The molecule has 8 heteroatoms. The Balaban J connectivity index is 1.83. The van der Waals surface area contributed by atoms with Crippen LogP contribution in [0.1, 0.15) is 43.0 Å². The Hall–Kier alpha value is -3.03. The Morgan fingerprint density at radius 2 is 1.93 bits per heavy atom. The highest BCUT2D eigenvalue weighted by atomic mass is 19.4. The largest absolute Gasteiger partial charge is 0.467 e. The second-order valence-corrected chi connectivity index (χ2v) is 7.55. The van der Waals surface area contributed by atoms with Crippen molar-refractivity contribution in [3.63, 3.8) is 0 Å². The van der Waals surface area contributed by atoms with Crippen LogP contribution in [0.3, 0.4) is 0 Å². The predicted molar refractivity (Wildman–Crippen MR) is 105 cm³/mol. The fourth-order valence-electron chi connectivity index (χ4n) is 3.23. The molecule has 0 N–H and O–H groups in total. The Labute approximate surface area is 173 Å². The first-order valence-corrected chi connectivity index (χ1v) is 9.69. The van der Waals surface area contributed by atoms with E-state index in [0.717, 1.165) is 6.07 Å². The molecule has 0 saturated carbocycles. The monoisotopic (exact) mass is 419 g/mol. The summed E-state index contributed by atoms with van der Waals surface area (Å²) in [5.41, 5.74) is -0.525. The summed E-state index contributed by atoms with van der Waals surface area (Å²) in [6.45, 7) is 4.37. The third-order valence-electron chi connectivity index (χ3n) is 4.66. The van der Waals surface area contributed by atoms with Crippen LogP contribution in [0.15, 0.2) is 59.5 Å². The lowest BCUT2D eigenvalue weighted by Gasteiger charge is -2.23. The molecule has 0 aliphatic heterocycles. The molecule has 0 aliphatic carbocycles. The minimum atomic E-state index is -4.43. The number of alkyl halides is 3. The van der Waals surface area contributed by atoms with Gasteiger partial charge in [-0.15, -0.1) is 0 Å². The lowest BCUT2D eigenvalue weighted by Crippen LogP contribution is -2.32. The molecule has 0 bridgehead atoms. The van der Waals surface area contributed by atoms with Gasteiger partial charge < -0.3 is 13.9 Å². The summed E-state index contributed by atoms with van der Waals surface area (Å²) in [6.07, 6.45) is 0.619. The molecule has 3 rings (SSSR count). The maximum atomic E-state index is 13.3. The Morgan fingerprint density at radius 1 is 1.17 bits per heavy atom. The number of benzene rings is 1. The van der Waals surface area contributed by atoms with Gasteiger partial charge >= 0.3 is 6.18 Å². The van der Waals surface area contributed by atoms with Gasteiger partial charge in [0.05, 0.1) is 24.9 Å². The number of amides is 1. The van der Waals surface area contributed by atoms with Gasteiger partial charge in [-0.2, -0.15) is 13.2 Å². The van der Waals surface area contributed by atoms with Crippen LogP contribution in [0.25, 0.3) is 0 Å². The molecule has 3 aromatic rings. The maximum Gasteiger partial charge on any atom is 0.416 e. The number of rotatable bonds is 8. The van der Waals surface area contributed by atoms with E-state index in [9.17, 15) is 18.0 Å². The average molecular weight is 419 g/mol. The summed E-state index contributed by atoms with van der Waals surface area (Å²) in [6, 6.07) is 9.00. The number of hydrogen-bond donors (Lipinski definition) is 0. The molecule has 0 fully saturated rings. The van der Waals surface area contributed by atoms with Crippen LogP contribution in [0.5, 0.6) is 0 Å². The lowest BCUT2D eigenvalue weighted by molar-refractivity contribution is -0.138. The number of hydrogen-bond acceptors (Lipinski definition) is 3. The minimum absolute atomic E-state index is 0.0119. The smallest absolute Gasteiger partial charge is 0.416 e. The van der Waals surface area contributed by atoms with E-state index >= 15 is 0 Å². The second-order valence-electron chi connectivity index (χ2n) is 7.55. The van der Waals surface area contributed by atoms with E-state index < -0.39 is 11.7 Å². The summed E-state index contributed by atoms with van der Waals surface area (Å²) in [5, 5.41) is 0. The SMILES string of the molecule is CC(C)CC(=O)N(Cc1ccco1)Cc1nccn1Cc1ccccc1C(F)(F)F. The molecule has 0 unspecified atom stereocenters. The van der Waals surface area contributed by atoms with Gasteiger partial charge in [0, 0.05) is 25.4 Å². The topological polar surface area (TPSA) is 51.3 Å². The zero-order valence-corrected chi connectivity index (χ0v) is 16.9. The molecule has 1 aromatic carbocycles. The molecule has 30 heavy (non-hydrogen) atoms. The van der Waals surface area contributed by atoms with Gasteiger partial charge in [0.15, 0.2) is 0 Å². The van der Waals surface area contributed by atoms with E-state index in [1.54, 1.807) is 33.9 Å². The van der Waals surface area contributed by atoms with Crippen molar-refractivity contribution in [3.05, 3.63) is 77.8 Å². The number of halogens is 3. The summed E-state index contributed by atoms with van der Waals surface area (Å²) < 4.78 is 47.0. The van der Waals surface area contributed by atoms with Crippen LogP contribution in [-0.2, 0) is 30.6 Å². The fraction of sp³-hybridized carbons (Fsp3) is 0.364. The van der Waals surface area contributed by atoms with E-state index in [0.29, 0.717) is 18.0 Å². The highest BCUT2D eigenvalue weighted by Gasteiger charge is 2.33. The molecule has 2 aromatic heterocycles. The lowest BCUT2D eigenvalue weighted by atomic mass is 10.1. The first-order chi connectivity index (χ1) is 14.2. The average Bonchev–Trinajstić information content (AvgIpc) is 3.32. The van der Waals surface area contributed by atoms with Crippen LogP contribution < -0.4 is 0 Å². The first kappa shape index (κ1) is 21.7. The summed E-state index contributed by atoms with van der Waals surface area (Å²) in [5.74, 6) is 1.25. The van der Waals surface area contributed by atoms with E-state index in [2.05, 4.69) is 4.98 Å². The molecule has 0 aliphatic rings. The van der Waals surface area contributed by atoms with Crippen LogP contribution >= 0.6 is 0 Å². The molecule has 0 saturated heterocycles. The van der Waals surface area contributed by atoms with Gasteiger partial charge in [0.1, 0.15) is 11.6 Å². The van der Waals surface area contributed by atoms with Crippen LogP contribution in [0, 0.1) is 5.92 Å². The molecule has 2 heterocycles. The van der Waals surface area contributed by atoms with Gasteiger partial charge in [-0.05, 0) is 29.7 Å². The Bertz CT molecular complexity index is 962. The molecule has 0 spiro atoms. The zero-order valence-electron chi connectivity index (χ0n) is 16.9. The van der Waals surface area contributed by atoms with Crippen molar-refractivity contribution in [2.75, 3.05) is 0 Å². The molecule has 0 atom stereocenters. The van der Waals surface area contributed by atoms with Crippen molar-refractivity contribution in [3.8, 4) is 0 Å². The fourth-order valence-corrected chi connectivity index (χ4v) is 3.23. The van der Waals surface area contributed by atoms with E-state index in [1.165, 1.54) is 24.6 Å². The number of furan rings is 1. The second kappa shape index (κ2) is 9.19. The molecule has 5 nitrogen and oxygen atoms in total. The number of carbonyl (C=O) groups is 1. The number of imidazole rings is 1. The normalized spacial score (nSPS) is 11.8. The molecule has 0 radical (unpaired) electrons. The summed E-state index contributed by atoms with van der Waals surface area (Å²) in [4.78, 5) is 18.7. The van der Waals surface area contributed by atoms with Crippen molar-refractivity contribution in [1.82, 2.24) is 14.5 Å². The van der Waals surface area contributed by atoms with Crippen LogP contribution in [0.2, 0.25) is 0 Å². The Morgan fingerprint density at radius 3 is 2.60 bits per heavy atom. The first-order valence-electron chi connectivity index (χ1n) is 9.69. The van der Waals surface area contributed by atoms with Crippen molar-refractivity contribution in [1.29, 1.82) is 0 Å².